The Hall–Kier alpha value is -0.350. The zero-order valence-electron chi connectivity index (χ0n) is 8.52. The summed E-state index contributed by atoms with van der Waals surface area (Å²) in [7, 11) is 0. The first-order valence-electron chi connectivity index (χ1n) is 4.44. The SMILES string of the molecule is CC=C(C)C(C)C(=O)OC1SC=CS1. The molecule has 0 aromatic carbocycles. The van der Waals surface area contributed by atoms with Gasteiger partial charge in [-0.05, 0) is 31.6 Å². The third-order valence-electron chi connectivity index (χ3n) is 2.14. The average Bonchev–Trinajstić information content (AvgIpc) is 2.68. The molecule has 1 heterocycles. The molecule has 1 aliphatic rings. The van der Waals surface area contributed by atoms with Crippen LogP contribution in [0, 0.1) is 5.92 Å². The van der Waals surface area contributed by atoms with Crippen molar-refractivity contribution in [3.63, 3.8) is 0 Å². The topological polar surface area (TPSA) is 26.3 Å². The molecule has 0 spiro atoms. The summed E-state index contributed by atoms with van der Waals surface area (Å²) in [4.78, 5) is 11.6. The smallest absolute Gasteiger partial charge is 0.314 e. The van der Waals surface area contributed by atoms with Gasteiger partial charge in [0.05, 0.1) is 5.92 Å². The molecule has 0 radical (unpaired) electrons. The minimum atomic E-state index is -0.144. The molecule has 1 rings (SSSR count). The fourth-order valence-corrected chi connectivity index (χ4v) is 2.62. The molecular weight excluding hydrogens is 216 g/mol. The number of rotatable bonds is 3. The molecule has 0 N–H and O–H groups in total. The highest BCUT2D eigenvalue weighted by molar-refractivity contribution is 8.22. The van der Waals surface area contributed by atoms with Gasteiger partial charge in [0.15, 0.2) is 0 Å². The van der Waals surface area contributed by atoms with E-state index in [1.165, 1.54) is 23.5 Å². The maximum atomic E-state index is 11.6. The van der Waals surface area contributed by atoms with Crippen molar-refractivity contribution in [2.24, 2.45) is 5.92 Å². The Labute approximate surface area is 93.2 Å². The second-order valence-corrected chi connectivity index (χ2v) is 5.27. The van der Waals surface area contributed by atoms with E-state index in [1.54, 1.807) is 0 Å². The van der Waals surface area contributed by atoms with Crippen LogP contribution in [0.3, 0.4) is 0 Å². The van der Waals surface area contributed by atoms with E-state index in [0.29, 0.717) is 0 Å². The van der Waals surface area contributed by atoms with Crippen LogP contribution in [-0.2, 0) is 9.53 Å². The Morgan fingerprint density at radius 1 is 1.50 bits per heavy atom. The number of carbonyl (C=O) groups is 1. The summed E-state index contributed by atoms with van der Waals surface area (Å²) in [5, 5.41) is 3.88. The number of thioether (sulfide) groups is 2. The second-order valence-electron chi connectivity index (χ2n) is 3.02. The van der Waals surface area contributed by atoms with Gasteiger partial charge >= 0.3 is 5.97 Å². The molecule has 4 heteroatoms. The van der Waals surface area contributed by atoms with Crippen molar-refractivity contribution in [2.45, 2.75) is 25.5 Å². The molecule has 0 aromatic rings. The molecule has 78 valence electrons. The van der Waals surface area contributed by atoms with Crippen LogP contribution in [0.5, 0.6) is 0 Å². The van der Waals surface area contributed by atoms with Crippen LogP contribution in [-0.4, -0.2) is 10.7 Å². The highest BCUT2D eigenvalue weighted by Crippen LogP contribution is 2.34. The lowest BCUT2D eigenvalue weighted by atomic mass is 10.0. The minimum Gasteiger partial charge on any atom is -0.440 e. The van der Waals surface area contributed by atoms with Gasteiger partial charge in [0.2, 0.25) is 4.77 Å². The zero-order valence-corrected chi connectivity index (χ0v) is 10.2. The predicted molar refractivity (Wildman–Crippen MR) is 62.8 cm³/mol. The molecule has 0 fully saturated rings. The summed E-state index contributed by atoms with van der Waals surface area (Å²) in [6.45, 7) is 5.74. The lowest BCUT2D eigenvalue weighted by Crippen LogP contribution is -2.18. The highest BCUT2D eigenvalue weighted by atomic mass is 32.2. The summed E-state index contributed by atoms with van der Waals surface area (Å²) in [6, 6.07) is 0. The van der Waals surface area contributed by atoms with Crippen molar-refractivity contribution in [1.29, 1.82) is 0 Å². The van der Waals surface area contributed by atoms with Gasteiger partial charge in [-0.15, -0.1) is 0 Å². The van der Waals surface area contributed by atoms with E-state index in [0.717, 1.165) is 5.57 Å². The van der Waals surface area contributed by atoms with E-state index >= 15 is 0 Å². The van der Waals surface area contributed by atoms with Crippen molar-refractivity contribution in [3.05, 3.63) is 22.5 Å². The first kappa shape index (κ1) is 11.7. The quantitative estimate of drug-likeness (QED) is 0.548. The number of esters is 1. The van der Waals surface area contributed by atoms with Gasteiger partial charge in [-0.1, -0.05) is 35.2 Å². The van der Waals surface area contributed by atoms with Crippen molar-refractivity contribution in [1.82, 2.24) is 0 Å². The van der Waals surface area contributed by atoms with E-state index in [1.807, 2.05) is 37.7 Å². The van der Waals surface area contributed by atoms with Crippen LogP contribution in [0.4, 0.5) is 0 Å². The Kier molecular flexibility index (Phi) is 4.62. The van der Waals surface area contributed by atoms with Crippen LogP contribution in [0.1, 0.15) is 20.8 Å². The normalized spacial score (nSPS) is 19.8. The molecule has 1 aliphatic heterocycles. The number of ether oxygens (including phenoxy) is 1. The molecule has 14 heavy (non-hydrogen) atoms. The van der Waals surface area contributed by atoms with Crippen molar-refractivity contribution in [3.8, 4) is 0 Å². The fourth-order valence-electron chi connectivity index (χ4n) is 0.913. The lowest BCUT2D eigenvalue weighted by Gasteiger charge is -2.14. The largest absolute Gasteiger partial charge is 0.440 e. The third kappa shape index (κ3) is 3.10. The van der Waals surface area contributed by atoms with Gasteiger partial charge in [-0.3, -0.25) is 4.79 Å². The number of hydrogen-bond acceptors (Lipinski definition) is 4. The maximum absolute atomic E-state index is 11.6. The Morgan fingerprint density at radius 3 is 2.57 bits per heavy atom. The first-order valence-corrected chi connectivity index (χ1v) is 6.33. The first-order chi connectivity index (χ1) is 6.65. The van der Waals surface area contributed by atoms with E-state index < -0.39 is 0 Å². The standard InChI is InChI=1S/C10H14O2S2/c1-4-7(2)8(3)9(11)12-10-13-5-6-14-10/h4-6,8,10H,1-3H3. The van der Waals surface area contributed by atoms with Crippen LogP contribution in [0.15, 0.2) is 22.5 Å². The highest BCUT2D eigenvalue weighted by Gasteiger charge is 2.22. The molecule has 1 atom stereocenters. The summed E-state index contributed by atoms with van der Waals surface area (Å²) in [5.74, 6) is -0.281. The van der Waals surface area contributed by atoms with Crippen LogP contribution in [0.2, 0.25) is 0 Å². The summed E-state index contributed by atoms with van der Waals surface area (Å²) < 4.78 is 5.19. The molecular formula is C10H14O2S2. The minimum absolute atomic E-state index is 0.0883. The van der Waals surface area contributed by atoms with Crippen LogP contribution in [0.25, 0.3) is 0 Å². The van der Waals surface area contributed by atoms with E-state index in [9.17, 15) is 4.79 Å². The molecule has 0 bridgehead atoms. The Balaban J connectivity index is 2.41. The summed E-state index contributed by atoms with van der Waals surface area (Å²) in [5.41, 5.74) is 1.05. The average molecular weight is 230 g/mol. The van der Waals surface area contributed by atoms with Gasteiger partial charge in [0, 0.05) is 0 Å². The summed E-state index contributed by atoms with van der Waals surface area (Å²) >= 11 is 3.05. The molecule has 0 saturated carbocycles. The van der Waals surface area contributed by atoms with Crippen molar-refractivity contribution in [2.75, 3.05) is 0 Å². The Morgan fingerprint density at radius 2 is 2.07 bits per heavy atom. The van der Waals surface area contributed by atoms with Gasteiger partial charge in [0.1, 0.15) is 0 Å². The van der Waals surface area contributed by atoms with Crippen molar-refractivity contribution >= 4 is 29.5 Å². The number of allylic oxidation sites excluding steroid dienone is 1. The molecule has 1 unspecified atom stereocenters. The second kappa shape index (κ2) is 5.51. The summed E-state index contributed by atoms with van der Waals surface area (Å²) in [6.07, 6.45) is 1.94. The van der Waals surface area contributed by atoms with Gasteiger partial charge < -0.3 is 4.74 Å². The molecule has 0 aliphatic carbocycles. The molecule has 0 aromatic heterocycles. The van der Waals surface area contributed by atoms with E-state index in [2.05, 4.69) is 0 Å². The van der Waals surface area contributed by atoms with E-state index in [4.69, 9.17) is 4.74 Å². The number of hydrogen-bond donors (Lipinski definition) is 0. The Bertz CT molecular complexity index is 263. The van der Waals surface area contributed by atoms with Crippen LogP contribution >= 0.6 is 23.5 Å². The molecule has 0 saturated heterocycles. The zero-order chi connectivity index (χ0) is 10.6. The van der Waals surface area contributed by atoms with E-state index in [-0.39, 0.29) is 16.7 Å². The monoisotopic (exact) mass is 230 g/mol. The predicted octanol–water partition coefficient (Wildman–Crippen LogP) is 3.37. The molecule has 2 nitrogen and oxygen atoms in total. The third-order valence-corrected chi connectivity index (χ3v) is 4.20. The van der Waals surface area contributed by atoms with Gasteiger partial charge in [-0.25, -0.2) is 0 Å². The number of carbonyl (C=O) groups excluding carboxylic acids is 1. The lowest BCUT2D eigenvalue weighted by molar-refractivity contribution is -0.145. The fraction of sp³-hybridized carbons (Fsp3) is 0.500. The van der Waals surface area contributed by atoms with Crippen molar-refractivity contribution < 1.29 is 9.53 Å². The van der Waals surface area contributed by atoms with Gasteiger partial charge in [-0.2, -0.15) is 0 Å². The van der Waals surface area contributed by atoms with Gasteiger partial charge in [0.25, 0.3) is 0 Å². The maximum Gasteiger partial charge on any atom is 0.314 e. The van der Waals surface area contributed by atoms with Crippen LogP contribution < -0.4 is 0 Å². The molecule has 0 amide bonds.